The summed E-state index contributed by atoms with van der Waals surface area (Å²) in [6.45, 7) is 6.11. The Morgan fingerprint density at radius 3 is 2.48 bits per heavy atom. The van der Waals surface area contributed by atoms with Crippen LogP contribution in [0.15, 0.2) is 24.3 Å². The van der Waals surface area contributed by atoms with E-state index in [2.05, 4.69) is 16.9 Å². The molecule has 1 aromatic carbocycles. The zero-order chi connectivity index (χ0) is 15.4. The quantitative estimate of drug-likeness (QED) is 0.905. The number of aromatic hydroxyl groups is 1. The molecule has 0 aliphatic carbocycles. The Morgan fingerprint density at radius 1 is 1.14 bits per heavy atom. The van der Waals surface area contributed by atoms with Gasteiger partial charge >= 0.3 is 0 Å². The molecule has 0 amide bonds. The van der Waals surface area contributed by atoms with Crippen LogP contribution in [0.5, 0.6) is 5.88 Å². The van der Waals surface area contributed by atoms with E-state index in [-0.39, 0.29) is 5.88 Å². The smallest absolute Gasteiger partial charge is 0.233 e. The summed E-state index contributed by atoms with van der Waals surface area (Å²) in [4.78, 5) is 10.7. The van der Waals surface area contributed by atoms with Crippen LogP contribution in [0.2, 0.25) is 0 Å². The van der Waals surface area contributed by atoms with Gasteiger partial charge in [-0.1, -0.05) is 31.5 Å². The first-order valence-electron chi connectivity index (χ1n) is 7.40. The van der Waals surface area contributed by atoms with Crippen molar-refractivity contribution >= 4 is 11.6 Å². The van der Waals surface area contributed by atoms with E-state index in [9.17, 15) is 5.11 Å². The highest BCUT2D eigenvalue weighted by molar-refractivity contribution is 5.61. The topological polar surface area (TPSA) is 49.2 Å². The molecule has 2 rings (SSSR count). The van der Waals surface area contributed by atoms with Crippen LogP contribution in [0.4, 0.5) is 11.6 Å². The van der Waals surface area contributed by atoms with Crippen molar-refractivity contribution in [2.24, 2.45) is 0 Å². The Bertz CT molecular complexity index is 602. The normalized spacial score (nSPS) is 10.7. The summed E-state index contributed by atoms with van der Waals surface area (Å²) in [6, 6.07) is 8.06. The molecule has 0 aliphatic rings. The first-order valence-corrected chi connectivity index (χ1v) is 7.40. The number of unbranched alkanes of at least 4 members (excludes halogenated alkanes) is 1. The summed E-state index contributed by atoms with van der Waals surface area (Å²) in [5, 5.41) is 10.2. The SMILES string of the molecule is CCCCc1c(C)nc(N(C)c2ccccc2C)nc1O. The van der Waals surface area contributed by atoms with Crippen molar-refractivity contribution in [2.75, 3.05) is 11.9 Å². The van der Waals surface area contributed by atoms with Crippen molar-refractivity contribution < 1.29 is 5.11 Å². The number of para-hydroxylation sites is 1. The fourth-order valence-corrected chi connectivity index (χ4v) is 2.41. The van der Waals surface area contributed by atoms with Crippen LogP contribution in [-0.4, -0.2) is 22.1 Å². The highest BCUT2D eigenvalue weighted by Gasteiger charge is 2.15. The predicted octanol–water partition coefficient (Wildman–Crippen LogP) is 3.91. The molecular weight excluding hydrogens is 262 g/mol. The van der Waals surface area contributed by atoms with Gasteiger partial charge in [-0.05, 0) is 38.3 Å². The van der Waals surface area contributed by atoms with E-state index in [0.717, 1.165) is 41.8 Å². The third-order valence-electron chi connectivity index (χ3n) is 3.74. The Morgan fingerprint density at radius 2 is 1.86 bits per heavy atom. The lowest BCUT2D eigenvalue weighted by molar-refractivity contribution is 0.442. The van der Waals surface area contributed by atoms with Gasteiger partial charge in [0.25, 0.3) is 0 Å². The zero-order valence-electron chi connectivity index (χ0n) is 13.2. The number of rotatable bonds is 5. The Hall–Kier alpha value is -2.10. The van der Waals surface area contributed by atoms with Crippen LogP contribution in [0, 0.1) is 13.8 Å². The second kappa shape index (κ2) is 6.57. The minimum atomic E-state index is 0.103. The number of benzene rings is 1. The first-order chi connectivity index (χ1) is 10.0. The van der Waals surface area contributed by atoms with Crippen LogP contribution >= 0.6 is 0 Å². The molecule has 0 saturated carbocycles. The Labute approximate surface area is 126 Å². The summed E-state index contributed by atoms with van der Waals surface area (Å²) in [6.07, 6.45) is 2.94. The van der Waals surface area contributed by atoms with E-state index >= 15 is 0 Å². The second-order valence-corrected chi connectivity index (χ2v) is 5.36. The molecule has 1 aromatic heterocycles. The van der Waals surface area contributed by atoms with Crippen LogP contribution in [0.1, 0.15) is 36.6 Å². The van der Waals surface area contributed by atoms with Crippen molar-refractivity contribution in [1.29, 1.82) is 0 Å². The molecule has 0 spiro atoms. The van der Waals surface area contributed by atoms with Crippen LogP contribution in [-0.2, 0) is 6.42 Å². The summed E-state index contributed by atoms with van der Waals surface area (Å²) in [5.74, 6) is 0.630. The van der Waals surface area contributed by atoms with Gasteiger partial charge in [0.05, 0.1) is 0 Å². The molecular formula is C17H23N3O. The molecule has 0 unspecified atom stereocenters. The van der Waals surface area contributed by atoms with Gasteiger partial charge in [0.15, 0.2) is 0 Å². The van der Waals surface area contributed by atoms with Gasteiger partial charge in [0, 0.05) is 24.0 Å². The monoisotopic (exact) mass is 285 g/mol. The van der Waals surface area contributed by atoms with Gasteiger partial charge in [0.1, 0.15) is 0 Å². The first kappa shape index (κ1) is 15.3. The molecule has 21 heavy (non-hydrogen) atoms. The number of anilines is 2. The van der Waals surface area contributed by atoms with Crippen molar-refractivity contribution in [3.8, 4) is 5.88 Å². The average Bonchev–Trinajstić information content (AvgIpc) is 2.46. The fraction of sp³-hybridized carbons (Fsp3) is 0.412. The van der Waals surface area contributed by atoms with Gasteiger partial charge in [0.2, 0.25) is 11.8 Å². The molecule has 0 saturated heterocycles. The highest BCUT2D eigenvalue weighted by atomic mass is 16.3. The minimum absolute atomic E-state index is 0.103. The summed E-state index contributed by atoms with van der Waals surface area (Å²) in [5.41, 5.74) is 3.90. The predicted molar refractivity (Wildman–Crippen MR) is 86.3 cm³/mol. The fourth-order valence-electron chi connectivity index (χ4n) is 2.41. The molecule has 1 heterocycles. The van der Waals surface area contributed by atoms with Crippen LogP contribution < -0.4 is 4.90 Å². The number of nitrogens with zero attached hydrogens (tertiary/aromatic N) is 3. The van der Waals surface area contributed by atoms with E-state index in [1.54, 1.807) is 0 Å². The standard InChI is InChI=1S/C17H23N3O/c1-5-6-10-14-13(3)18-17(19-16(14)21)20(4)15-11-8-7-9-12(15)2/h7-9,11H,5-6,10H2,1-4H3,(H,18,19,21). The Balaban J connectivity index is 2.35. The molecule has 112 valence electrons. The number of aromatic nitrogens is 2. The maximum absolute atomic E-state index is 10.2. The zero-order valence-corrected chi connectivity index (χ0v) is 13.2. The molecule has 1 N–H and O–H groups in total. The molecule has 2 aromatic rings. The number of hydrogen-bond acceptors (Lipinski definition) is 4. The molecule has 4 heteroatoms. The molecule has 0 atom stereocenters. The van der Waals surface area contributed by atoms with Gasteiger partial charge in [-0.15, -0.1) is 0 Å². The number of hydrogen-bond donors (Lipinski definition) is 1. The third kappa shape index (κ3) is 3.32. The molecule has 0 aliphatic heterocycles. The third-order valence-corrected chi connectivity index (χ3v) is 3.74. The van der Waals surface area contributed by atoms with E-state index in [1.165, 1.54) is 0 Å². The highest BCUT2D eigenvalue weighted by Crippen LogP contribution is 2.28. The number of aryl methyl sites for hydroxylation is 2. The van der Waals surface area contributed by atoms with Gasteiger partial charge in [-0.2, -0.15) is 4.98 Å². The summed E-state index contributed by atoms with van der Waals surface area (Å²) < 4.78 is 0. The molecule has 4 nitrogen and oxygen atoms in total. The van der Waals surface area contributed by atoms with Crippen molar-refractivity contribution in [3.05, 3.63) is 41.1 Å². The largest absolute Gasteiger partial charge is 0.493 e. The van der Waals surface area contributed by atoms with Crippen molar-refractivity contribution in [2.45, 2.75) is 40.0 Å². The lowest BCUT2D eigenvalue weighted by Crippen LogP contribution is -2.15. The van der Waals surface area contributed by atoms with E-state index < -0.39 is 0 Å². The Kier molecular flexibility index (Phi) is 4.78. The van der Waals surface area contributed by atoms with E-state index in [4.69, 9.17) is 0 Å². The second-order valence-electron chi connectivity index (χ2n) is 5.36. The van der Waals surface area contributed by atoms with Gasteiger partial charge in [-0.3, -0.25) is 0 Å². The minimum Gasteiger partial charge on any atom is -0.493 e. The van der Waals surface area contributed by atoms with E-state index in [0.29, 0.717) is 5.95 Å². The van der Waals surface area contributed by atoms with Crippen molar-refractivity contribution in [3.63, 3.8) is 0 Å². The van der Waals surface area contributed by atoms with Crippen LogP contribution in [0.25, 0.3) is 0 Å². The van der Waals surface area contributed by atoms with Crippen LogP contribution in [0.3, 0.4) is 0 Å². The van der Waals surface area contributed by atoms with Crippen molar-refractivity contribution in [1.82, 2.24) is 9.97 Å². The maximum atomic E-state index is 10.2. The summed E-state index contributed by atoms with van der Waals surface area (Å²) in [7, 11) is 1.92. The molecule has 0 bridgehead atoms. The molecule has 0 fully saturated rings. The van der Waals surface area contributed by atoms with Gasteiger partial charge in [-0.25, -0.2) is 4.98 Å². The lowest BCUT2D eigenvalue weighted by atomic mass is 10.1. The van der Waals surface area contributed by atoms with E-state index in [1.807, 2.05) is 50.1 Å². The maximum Gasteiger partial charge on any atom is 0.233 e. The average molecular weight is 285 g/mol. The molecule has 0 radical (unpaired) electrons. The summed E-state index contributed by atoms with van der Waals surface area (Å²) >= 11 is 0. The van der Waals surface area contributed by atoms with Gasteiger partial charge < -0.3 is 10.0 Å². The lowest BCUT2D eigenvalue weighted by Gasteiger charge is -2.20.